The standard InChI is InChI=1S/C22H34N2O4/c1-14(2)23-21(26)18-13-24(20(25)11-22(3,4)5)12-17(18)16-9-8-15(27-6)10-19(16)28-7/h8-10,14,17-18H,11-13H2,1-7H3,(H,23,26). The Morgan fingerprint density at radius 3 is 2.39 bits per heavy atom. The Bertz CT molecular complexity index is 709. The Kier molecular flexibility index (Phi) is 6.96. The first kappa shape index (κ1) is 22.1. The molecule has 2 unspecified atom stereocenters. The van der Waals surface area contributed by atoms with Crippen molar-refractivity contribution in [2.24, 2.45) is 11.3 Å². The number of nitrogens with one attached hydrogen (secondary N) is 1. The van der Waals surface area contributed by atoms with Crippen LogP contribution in [0.3, 0.4) is 0 Å². The summed E-state index contributed by atoms with van der Waals surface area (Å²) in [7, 11) is 3.22. The number of benzene rings is 1. The van der Waals surface area contributed by atoms with Gasteiger partial charge in [-0.25, -0.2) is 0 Å². The van der Waals surface area contributed by atoms with Crippen molar-refractivity contribution in [3.63, 3.8) is 0 Å². The number of hydrogen-bond donors (Lipinski definition) is 1. The minimum Gasteiger partial charge on any atom is -0.497 e. The molecule has 6 heteroatoms. The van der Waals surface area contributed by atoms with Crippen LogP contribution in [0.5, 0.6) is 11.5 Å². The number of carbonyl (C=O) groups is 2. The summed E-state index contributed by atoms with van der Waals surface area (Å²) in [6.07, 6.45) is 0.456. The van der Waals surface area contributed by atoms with E-state index in [0.29, 0.717) is 31.0 Å². The molecule has 156 valence electrons. The summed E-state index contributed by atoms with van der Waals surface area (Å²) in [5.74, 6) is 1.00. The van der Waals surface area contributed by atoms with E-state index in [4.69, 9.17) is 9.47 Å². The third-order valence-corrected chi connectivity index (χ3v) is 4.96. The smallest absolute Gasteiger partial charge is 0.225 e. The van der Waals surface area contributed by atoms with Gasteiger partial charge in [0.25, 0.3) is 0 Å². The second-order valence-corrected chi connectivity index (χ2v) is 9.02. The van der Waals surface area contributed by atoms with E-state index in [1.54, 1.807) is 14.2 Å². The van der Waals surface area contributed by atoms with Crippen LogP contribution in [0.15, 0.2) is 18.2 Å². The van der Waals surface area contributed by atoms with Crippen LogP contribution in [0.2, 0.25) is 0 Å². The van der Waals surface area contributed by atoms with Crippen LogP contribution < -0.4 is 14.8 Å². The lowest BCUT2D eigenvalue weighted by Crippen LogP contribution is -2.39. The van der Waals surface area contributed by atoms with Gasteiger partial charge in [-0.05, 0) is 25.3 Å². The molecule has 28 heavy (non-hydrogen) atoms. The fraction of sp³-hybridized carbons (Fsp3) is 0.636. The van der Waals surface area contributed by atoms with Crippen molar-refractivity contribution in [3.05, 3.63) is 23.8 Å². The topological polar surface area (TPSA) is 67.9 Å². The molecule has 1 aromatic rings. The number of nitrogens with zero attached hydrogens (tertiary/aromatic N) is 1. The maximum absolute atomic E-state index is 12.9. The summed E-state index contributed by atoms with van der Waals surface area (Å²) >= 11 is 0. The summed E-state index contributed by atoms with van der Waals surface area (Å²) in [6.45, 7) is 11.0. The number of carbonyl (C=O) groups excluding carboxylic acids is 2. The summed E-state index contributed by atoms with van der Waals surface area (Å²) in [5.41, 5.74) is 0.834. The van der Waals surface area contributed by atoms with Gasteiger partial charge in [0, 0.05) is 43.1 Å². The maximum Gasteiger partial charge on any atom is 0.225 e. The molecule has 1 aromatic carbocycles. The number of hydrogen-bond acceptors (Lipinski definition) is 4. The van der Waals surface area contributed by atoms with Crippen LogP contribution in [-0.2, 0) is 9.59 Å². The molecule has 2 atom stereocenters. The molecule has 1 N–H and O–H groups in total. The molecule has 1 aliphatic rings. The van der Waals surface area contributed by atoms with Crippen LogP contribution >= 0.6 is 0 Å². The van der Waals surface area contributed by atoms with Crippen molar-refractivity contribution < 1.29 is 19.1 Å². The first-order valence-corrected chi connectivity index (χ1v) is 9.85. The molecule has 1 aliphatic heterocycles. The van der Waals surface area contributed by atoms with E-state index < -0.39 is 0 Å². The lowest BCUT2D eigenvalue weighted by Gasteiger charge is -2.23. The Hall–Kier alpha value is -2.24. The molecule has 6 nitrogen and oxygen atoms in total. The van der Waals surface area contributed by atoms with Gasteiger partial charge >= 0.3 is 0 Å². The van der Waals surface area contributed by atoms with Gasteiger partial charge in [0.05, 0.1) is 20.1 Å². The molecular formula is C22H34N2O4. The SMILES string of the molecule is COc1ccc(C2CN(C(=O)CC(C)(C)C)CC2C(=O)NC(C)C)c(OC)c1. The fourth-order valence-corrected chi connectivity index (χ4v) is 3.67. The summed E-state index contributed by atoms with van der Waals surface area (Å²) in [4.78, 5) is 27.6. The highest BCUT2D eigenvalue weighted by Gasteiger charge is 2.42. The summed E-state index contributed by atoms with van der Waals surface area (Å²) < 4.78 is 10.9. The molecule has 1 saturated heterocycles. The van der Waals surface area contributed by atoms with E-state index in [-0.39, 0.29) is 35.1 Å². The third-order valence-electron chi connectivity index (χ3n) is 4.96. The molecule has 2 amide bonds. The highest BCUT2D eigenvalue weighted by Crippen LogP contribution is 2.40. The predicted molar refractivity (Wildman–Crippen MR) is 110 cm³/mol. The van der Waals surface area contributed by atoms with Gasteiger partial charge in [-0.2, -0.15) is 0 Å². The summed E-state index contributed by atoms with van der Waals surface area (Å²) in [6, 6.07) is 5.68. The van der Waals surface area contributed by atoms with Crippen molar-refractivity contribution in [1.82, 2.24) is 10.2 Å². The van der Waals surface area contributed by atoms with Crippen LogP contribution in [-0.4, -0.2) is 50.1 Å². The van der Waals surface area contributed by atoms with E-state index in [0.717, 1.165) is 5.56 Å². The van der Waals surface area contributed by atoms with Gasteiger partial charge in [-0.3, -0.25) is 9.59 Å². The number of likely N-dealkylation sites (tertiary alicyclic amines) is 1. The number of ether oxygens (including phenoxy) is 2. The van der Waals surface area contributed by atoms with Crippen molar-refractivity contribution in [1.29, 1.82) is 0 Å². The third kappa shape index (κ3) is 5.40. The molecular weight excluding hydrogens is 356 g/mol. The van der Waals surface area contributed by atoms with Crippen LogP contribution in [0.25, 0.3) is 0 Å². The van der Waals surface area contributed by atoms with Crippen LogP contribution in [0.4, 0.5) is 0 Å². The van der Waals surface area contributed by atoms with E-state index in [1.807, 2.05) is 57.7 Å². The molecule has 1 fully saturated rings. The van der Waals surface area contributed by atoms with E-state index >= 15 is 0 Å². The van der Waals surface area contributed by atoms with Crippen molar-refractivity contribution in [2.45, 2.75) is 53.0 Å². The van der Waals surface area contributed by atoms with Gasteiger partial charge in [0.15, 0.2) is 0 Å². The lowest BCUT2D eigenvalue weighted by atomic mass is 9.87. The normalized spacial score (nSPS) is 19.6. The molecule has 0 bridgehead atoms. The average Bonchev–Trinajstić information content (AvgIpc) is 3.04. The fourth-order valence-electron chi connectivity index (χ4n) is 3.67. The van der Waals surface area contributed by atoms with Gasteiger partial charge in [0.1, 0.15) is 11.5 Å². The molecule has 0 radical (unpaired) electrons. The lowest BCUT2D eigenvalue weighted by molar-refractivity contribution is -0.132. The molecule has 0 saturated carbocycles. The highest BCUT2D eigenvalue weighted by molar-refractivity contribution is 5.84. The van der Waals surface area contributed by atoms with Gasteiger partial charge in [-0.15, -0.1) is 0 Å². The van der Waals surface area contributed by atoms with E-state index in [9.17, 15) is 9.59 Å². The first-order chi connectivity index (χ1) is 13.1. The van der Waals surface area contributed by atoms with E-state index in [2.05, 4.69) is 5.32 Å². The van der Waals surface area contributed by atoms with Crippen molar-refractivity contribution in [2.75, 3.05) is 27.3 Å². The Morgan fingerprint density at radius 1 is 1.18 bits per heavy atom. The van der Waals surface area contributed by atoms with Gasteiger partial charge in [-0.1, -0.05) is 26.8 Å². The molecule has 2 rings (SSSR count). The Labute approximate surface area is 168 Å². The number of amides is 2. The molecule has 0 spiro atoms. The zero-order chi connectivity index (χ0) is 21.1. The molecule has 1 heterocycles. The Balaban J connectivity index is 2.35. The zero-order valence-corrected chi connectivity index (χ0v) is 18.2. The van der Waals surface area contributed by atoms with Gasteiger partial charge in [0.2, 0.25) is 11.8 Å². The predicted octanol–water partition coefficient (Wildman–Crippen LogP) is 3.21. The maximum atomic E-state index is 12.9. The largest absolute Gasteiger partial charge is 0.497 e. The highest BCUT2D eigenvalue weighted by atomic mass is 16.5. The van der Waals surface area contributed by atoms with Crippen LogP contribution in [0.1, 0.15) is 52.5 Å². The summed E-state index contributed by atoms with van der Waals surface area (Å²) in [5, 5.41) is 3.01. The van der Waals surface area contributed by atoms with Crippen molar-refractivity contribution in [3.8, 4) is 11.5 Å². The number of rotatable bonds is 6. The minimum absolute atomic E-state index is 0.0241. The first-order valence-electron chi connectivity index (χ1n) is 9.85. The molecule has 0 aliphatic carbocycles. The quantitative estimate of drug-likeness (QED) is 0.810. The second-order valence-electron chi connectivity index (χ2n) is 9.02. The monoisotopic (exact) mass is 390 g/mol. The number of methoxy groups -OCH3 is 2. The molecule has 0 aromatic heterocycles. The second kappa shape index (κ2) is 8.84. The van der Waals surface area contributed by atoms with Crippen molar-refractivity contribution >= 4 is 11.8 Å². The van der Waals surface area contributed by atoms with E-state index in [1.165, 1.54) is 0 Å². The Morgan fingerprint density at radius 2 is 1.86 bits per heavy atom. The zero-order valence-electron chi connectivity index (χ0n) is 18.2. The minimum atomic E-state index is -0.311. The van der Waals surface area contributed by atoms with Gasteiger partial charge < -0.3 is 19.7 Å². The average molecular weight is 391 g/mol. The van der Waals surface area contributed by atoms with Crippen LogP contribution in [0, 0.1) is 11.3 Å².